The van der Waals surface area contributed by atoms with Gasteiger partial charge in [0, 0.05) is 11.2 Å². The van der Waals surface area contributed by atoms with Crippen LogP contribution in [0.2, 0.25) is 0 Å². The first-order valence-electron chi connectivity index (χ1n) is 4.09. The van der Waals surface area contributed by atoms with E-state index in [0.717, 1.165) is 36.9 Å². The van der Waals surface area contributed by atoms with Crippen LogP contribution in [0.25, 0.3) is 0 Å². The molecule has 11 heavy (non-hydrogen) atoms. The molecule has 64 valence electrons. The lowest BCUT2D eigenvalue weighted by molar-refractivity contribution is -0.122. The Hall–Kier alpha value is -0.0500. The monoisotopic (exact) mass is 219 g/mol. The molecule has 3 heteroatoms. The van der Waals surface area contributed by atoms with Gasteiger partial charge in [-0.15, -0.1) is 0 Å². The summed E-state index contributed by atoms with van der Waals surface area (Å²) in [6.07, 6.45) is 4.29. The summed E-state index contributed by atoms with van der Waals surface area (Å²) in [5.41, 5.74) is 5.20. The van der Waals surface area contributed by atoms with Crippen LogP contribution in [-0.2, 0) is 4.79 Å². The molecule has 0 heterocycles. The number of rotatable bonds is 2. The lowest BCUT2D eigenvalue weighted by Gasteiger charge is -2.24. The van der Waals surface area contributed by atoms with Crippen molar-refractivity contribution in [3.63, 3.8) is 0 Å². The summed E-state index contributed by atoms with van der Waals surface area (Å²) in [6.45, 7) is 0. The maximum atomic E-state index is 10.8. The van der Waals surface area contributed by atoms with Gasteiger partial charge in [0.2, 0.25) is 5.91 Å². The van der Waals surface area contributed by atoms with Crippen LogP contribution in [0.3, 0.4) is 0 Å². The van der Waals surface area contributed by atoms with E-state index in [1.165, 1.54) is 0 Å². The van der Waals surface area contributed by atoms with Crippen LogP contribution < -0.4 is 5.73 Å². The summed E-state index contributed by atoms with van der Waals surface area (Å²) in [6, 6.07) is 0. The summed E-state index contributed by atoms with van der Waals surface area (Å²) >= 11 is 3.45. The molecule has 1 amide bonds. The van der Waals surface area contributed by atoms with E-state index in [1.54, 1.807) is 0 Å². The van der Waals surface area contributed by atoms with Crippen molar-refractivity contribution in [2.75, 3.05) is 5.33 Å². The highest BCUT2D eigenvalue weighted by molar-refractivity contribution is 9.09. The Labute approximate surface area is 75.7 Å². The number of amides is 1. The topological polar surface area (TPSA) is 43.1 Å². The highest BCUT2D eigenvalue weighted by atomic mass is 79.9. The van der Waals surface area contributed by atoms with Crippen LogP contribution in [0.15, 0.2) is 0 Å². The van der Waals surface area contributed by atoms with Crippen molar-refractivity contribution in [2.45, 2.75) is 25.7 Å². The minimum Gasteiger partial charge on any atom is -0.369 e. The number of primary amides is 1. The second kappa shape index (κ2) is 4.10. The van der Waals surface area contributed by atoms with Crippen LogP contribution in [0.1, 0.15) is 25.7 Å². The molecular formula is C8H14BrNO. The van der Waals surface area contributed by atoms with Crippen LogP contribution in [0.5, 0.6) is 0 Å². The predicted molar refractivity (Wildman–Crippen MR) is 48.4 cm³/mol. The predicted octanol–water partition coefficient (Wildman–Crippen LogP) is 1.67. The van der Waals surface area contributed by atoms with Gasteiger partial charge in [0.15, 0.2) is 0 Å². The lowest BCUT2D eigenvalue weighted by Crippen LogP contribution is -2.27. The summed E-state index contributed by atoms with van der Waals surface area (Å²) in [4.78, 5) is 10.8. The molecule has 1 aliphatic carbocycles. The van der Waals surface area contributed by atoms with Gasteiger partial charge >= 0.3 is 0 Å². The van der Waals surface area contributed by atoms with Gasteiger partial charge in [-0.3, -0.25) is 4.79 Å². The Balaban J connectivity index is 2.30. The van der Waals surface area contributed by atoms with E-state index in [1.807, 2.05) is 0 Å². The molecule has 0 radical (unpaired) electrons. The van der Waals surface area contributed by atoms with E-state index >= 15 is 0 Å². The zero-order valence-corrected chi connectivity index (χ0v) is 8.14. The van der Waals surface area contributed by atoms with E-state index in [-0.39, 0.29) is 11.8 Å². The minimum absolute atomic E-state index is 0.113. The lowest BCUT2D eigenvalue weighted by atomic mass is 9.83. The molecule has 0 spiro atoms. The minimum atomic E-state index is -0.113. The number of carbonyl (C=O) groups excluding carboxylic acids is 1. The fourth-order valence-corrected chi connectivity index (χ4v) is 2.25. The molecule has 2 N–H and O–H groups in total. The molecule has 2 nitrogen and oxygen atoms in total. The van der Waals surface area contributed by atoms with E-state index in [0.29, 0.717) is 0 Å². The zero-order chi connectivity index (χ0) is 8.27. The van der Waals surface area contributed by atoms with Gasteiger partial charge in [-0.25, -0.2) is 0 Å². The molecule has 0 aliphatic heterocycles. The average Bonchev–Trinajstić information content (AvgIpc) is 2.05. The van der Waals surface area contributed by atoms with Gasteiger partial charge in [-0.05, 0) is 31.6 Å². The second-order valence-corrected chi connectivity index (χ2v) is 3.92. The molecular weight excluding hydrogens is 206 g/mol. The average molecular weight is 220 g/mol. The Morgan fingerprint density at radius 3 is 2.27 bits per heavy atom. The van der Waals surface area contributed by atoms with Crippen molar-refractivity contribution in [2.24, 2.45) is 17.6 Å². The van der Waals surface area contributed by atoms with Gasteiger partial charge in [0.05, 0.1) is 0 Å². The molecule has 0 aromatic rings. The fourth-order valence-electron chi connectivity index (χ4n) is 1.60. The number of hydrogen-bond acceptors (Lipinski definition) is 1. The highest BCUT2D eigenvalue weighted by Crippen LogP contribution is 2.29. The van der Waals surface area contributed by atoms with E-state index in [9.17, 15) is 4.79 Å². The van der Waals surface area contributed by atoms with E-state index < -0.39 is 0 Å². The molecule has 0 aromatic heterocycles. The normalized spacial score (nSPS) is 31.7. The zero-order valence-electron chi connectivity index (χ0n) is 6.55. The Bertz CT molecular complexity index is 141. The van der Waals surface area contributed by atoms with Crippen LogP contribution in [0.4, 0.5) is 0 Å². The van der Waals surface area contributed by atoms with Crippen molar-refractivity contribution >= 4 is 21.8 Å². The smallest absolute Gasteiger partial charge is 0.220 e. The summed E-state index contributed by atoms with van der Waals surface area (Å²) < 4.78 is 0. The molecule has 0 atom stereocenters. The van der Waals surface area contributed by atoms with Crippen molar-refractivity contribution in [1.29, 1.82) is 0 Å². The maximum absolute atomic E-state index is 10.8. The summed E-state index contributed by atoms with van der Waals surface area (Å²) in [7, 11) is 0. The highest BCUT2D eigenvalue weighted by Gasteiger charge is 2.23. The van der Waals surface area contributed by atoms with Crippen molar-refractivity contribution in [3.05, 3.63) is 0 Å². The Morgan fingerprint density at radius 1 is 1.36 bits per heavy atom. The third-order valence-corrected chi connectivity index (χ3v) is 3.38. The molecule has 0 aromatic carbocycles. The fraction of sp³-hybridized carbons (Fsp3) is 0.875. The third-order valence-electron chi connectivity index (χ3n) is 2.47. The van der Waals surface area contributed by atoms with Gasteiger partial charge in [-0.2, -0.15) is 0 Å². The maximum Gasteiger partial charge on any atom is 0.220 e. The summed E-state index contributed by atoms with van der Waals surface area (Å²) in [5, 5.41) is 1.07. The molecule has 0 bridgehead atoms. The molecule has 1 aliphatic rings. The van der Waals surface area contributed by atoms with E-state index in [4.69, 9.17) is 5.73 Å². The second-order valence-electron chi connectivity index (χ2n) is 3.27. The van der Waals surface area contributed by atoms with Gasteiger partial charge < -0.3 is 5.73 Å². The van der Waals surface area contributed by atoms with Gasteiger partial charge in [0.1, 0.15) is 0 Å². The standard InChI is InChI=1S/C8H14BrNO/c9-5-6-1-3-7(4-2-6)8(10)11/h6-7H,1-5H2,(H2,10,11)/t6-,7-. The number of carbonyl (C=O) groups is 1. The molecule has 1 saturated carbocycles. The largest absolute Gasteiger partial charge is 0.369 e. The quantitative estimate of drug-likeness (QED) is 0.706. The van der Waals surface area contributed by atoms with Crippen molar-refractivity contribution in [3.8, 4) is 0 Å². The van der Waals surface area contributed by atoms with Gasteiger partial charge in [0.25, 0.3) is 0 Å². The van der Waals surface area contributed by atoms with Crippen LogP contribution >= 0.6 is 15.9 Å². The van der Waals surface area contributed by atoms with Crippen LogP contribution in [-0.4, -0.2) is 11.2 Å². The number of halogens is 1. The molecule has 1 fully saturated rings. The number of alkyl halides is 1. The van der Waals surface area contributed by atoms with E-state index in [2.05, 4.69) is 15.9 Å². The SMILES string of the molecule is NC(=O)[C@H]1CC[C@H](CBr)CC1. The molecule has 0 saturated heterocycles. The third kappa shape index (κ3) is 2.47. The molecule has 1 rings (SSSR count). The van der Waals surface area contributed by atoms with Crippen molar-refractivity contribution in [1.82, 2.24) is 0 Å². The first-order chi connectivity index (χ1) is 5.24. The van der Waals surface area contributed by atoms with Gasteiger partial charge in [-0.1, -0.05) is 15.9 Å². The Kier molecular flexibility index (Phi) is 3.37. The number of nitrogens with two attached hydrogens (primary N) is 1. The van der Waals surface area contributed by atoms with Crippen molar-refractivity contribution < 1.29 is 4.79 Å². The molecule has 0 unspecified atom stereocenters. The Morgan fingerprint density at radius 2 is 1.91 bits per heavy atom. The first kappa shape index (κ1) is 9.04. The number of hydrogen-bond donors (Lipinski definition) is 1. The van der Waals surface area contributed by atoms with Crippen LogP contribution in [0, 0.1) is 11.8 Å². The summed E-state index contributed by atoms with van der Waals surface area (Å²) in [5.74, 6) is 0.814. The first-order valence-corrected chi connectivity index (χ1v) is 5.21.